The number of hydrogen-bond donors (Lipinski definition) is 1. The highest BCUT2D eigenvalue weighted by Gasteiger charge is 2.10. The number of aromatic nitrogens is 2. The molecular formula is C24H19ClN2O3. The maximum atomic E-state index is 12.9. The second kappa shape index (κ2) is 8.61. The van der Waals surface area contributed by atoms with Gasteiger partial charge in [-0.1, -0.05) is 48.0 Å². The zero-order valence-electron chi connectivity index (χ0n) is 16.1. The van der Waals surface area contributed by atoms with Gasteiger partial charge >= 0.3 is 0 Å². The second-order valence-electron chi connectivity index (χ2n) is 7.02. The molecule has 0 saturated heterocycles. The Bertz CT molecular complexity index is 1300. The van der Waals surface area contributed by atoms with Gasteiger partial charge in [0.15, 0.2) is 5.78 Å². The van der Waals surface area contributed by atoms with Gasteiger partial charge in [0.05, 0.1) is 17.2 Å². The van der Waals surface area contributed by atoms with E-state index < -0.39 is 12.4 Å². The molecule has 1 aromatic heterocycles. The minimum atomic E-state index is -0.594. The van der Waals surface area contributed by atoms with Crippen molar-refractivity contribution >= 4 is 28.3 Å². The summed E-state index contributed by atoms with van der Waals surface area (Å²) in [4.78, 5) is 28.9. The number of carbonyl (C=O) groups excluding carboxylic acids is 1. The highest BCUT2D eigenvalue weighted by atomic mass is 35.5. The van der Waals surface area contributed by atoms with Crippen molar-refractivity contribution in [1.82, 2.24) is 9.55 Å². The van der Waals surface area contributed by atoms with Gasteiger partial charge in [0.1, 0.15) is 6.61 Å². The van der Waals surface area contributed by atoms with Crippen LogP contribution in [-0.4, -0.2) is 27.0 Å². The summed E-state index contributed by atoms with van der Waals surface area (Å²) in [5.74, 6) is -0.426. The molecule has 4 rings (SSSR count). The van der Waals surface area contributed by atoms with Crippen LogP contribution >= 0.6 is 11.6 Å². The van der Waals surface area contributed by atoms with Crippen molar-refractivity contribution in [2.75, 3.05) is 6.61 Å². The summed E-state index contributed by atoms with van der Waals surface area (Å²) in [5.41, 5.74) is 3.80. The van der Waals surface area contributed by atoms with Crippen LogP contribution in [0.1, 0.15) is 15.9 Å². The van der Waals surface area contributed by atoms with E-state index in [4.69, 9.17) is 16.7 Å². The molecule has 0 fully saturated rings. The first-order valence-corrected chi connectivity index (χ1v) is 9.91. The minimum Gasteiger partial charge on any atom is -0.388 e. The van der Waals surface area contributed by atoms with Gasteiger partial charge in [-0.2, -0.15) is 0 Å². The van der Waals surface area contributed by atoms with Crippen molar-refractivity contribution in [3.05, 3.63) is 99.6 Å². The Balaban J connectivity index is 1.59. The van der Waals surface area contributed by atoms with E-state index in [1.165, 1.54) is 12.4 Å². The van der Waals surface area contributed by atoms with Crippen LogP contribution in [0.3, 0.4) is 0 Å². The van der Waals surface area contributed by atoms with Gasteiger partial charge in [-0.3, -0.25) is 14.2 Å². The maximum absolute atomic E-state index is 12.9. The molecule has 0 aliphatic rings. The number of ketones is 1. The number of halogens is 1. The maximum Gasteiger partial charge on any atom is 0.261 e. The van der Waals surface area contributed by atoms with E-state index in [1.807, 2.05) is 42.5 Å². The molecule has 0 bridgehead atoms. The van der Waals surface area contributed by atoms with Crippen molar-refractivity contribution < 1.29 is 9.90 Å². The fourth-order valence-electron chi connectivity index (χ4n) is 3.41. The number of fused-ring (bicyclic) bond motifs is 1. The molecule has 0 amide bonds. The Morgan fingerprint density at radius 2 is 1.77 bits per heavy atom. The predicted octanol–water partition coefficient (Wildman–Crippen LogP) is 4.13. The lowest BCUT2D eigenvalue weighted by molar-refractivity contribution is 0.0904. The summed E-state index contributed by atoms with van der Waals surface area (Å²) < 4.78 is 1.54. The van der Waals surface area contributed by atoms with E-state index in [-0.39, 0.29) is 5.56 Å². The number of aryl methyl sites for hydroxylation is 2. The summed E-state index contributed by atoms with van der Waals surface area (Å²) in [7, 11) is 0. The van der Waals surface area contributed by atoms with Crippen LogP contribution in [0, 0.1) is 0 Å². The molecule has 6 heteroatoms. The van der Waals surface area contributed by atoms with Crippen molar-refractivity contribution in [3.8, 4) is 11.1 Å². The van der Waals surface area contributed by atoms with Gasteiger partial charge in [0, 0.05) is 17.1 Å². The Labute approximate surface area is 178 Å². The van der Waals surface area contributed by atoms with Crippen LogP contribution in [0.15, 0.2) is 77.9 Å². The van der Waals surface area contributed by atoms with Crippen molar-refractivity contribution in [1.29, 1.82) is 0 Å². The molecule has 0 aliphatic heterocycles. The second-order valence-corrected chi connectivity index (χ2v) is 7.45. The summed E-state index contributed by atoms with van der Waals surface area (Å²) in [5, 5.41) is 10.1. The zero-order valence-corrected chi connectivity index (χ0v) is 16.8. The molecule has 1 heterocycles. The van der Waals surface area contributed by atoms with Crippen LogP contribution in [0.4, 0.5) is 0 Å². The SMILES string of the molecule is O=C(CO)c1ccc2ncn(CCc3cccc(-c4cccc(Cl)c4)c3)c(=O)c2c1. The van der Waals surface area contributed by atoms with Gasteiger partial charge in [0.2, 0.25) is 0 Å². The predicted molar refractivity (Wildman–Crippen MR) is 118 cm³/mol. The molecule has 0 aliphatic carbocycles. The third-order valence-electron chi connectivity index (χ3n) is 5.02. The molecule has 4 aromatic rings. The van der Waals surface area contributed by atoms with Crippen LogP contribution in [-0.2, 0) is 13.0 Å². The van der Waals surface area contributed by atoms with Gasteiger partial charge in [-0.15, -0.1) is 0 Å². The standard InChI is InChI=1S/C24H19ClN2O3/c25-20-6-2-5-18(12-20)17-4-1-3-16(11-17)9-10-27-15-26-22-8-7-19(23(29)14-28)13-21(22)24(27)30/h1-8,11-13,15,28H,9-10,14H2. The molecule has 0 radical (unpaired) electrons. The zero-order chi connectivity index (χ0) is 21.1. The topological polar surface area (TPSA) is 72.2 Å². The third-order valence-corrected chi connectivity index (χ3v) is 5.25. The normalized spacial score (nSPS) is 11.0. The Morgan fingerprint density at radius 1 is 1.00 bits per heavy atom. The molecule has 150 valence electrons. The number of hydrogen-bond acceptors (Lipinski definition) is 4. The summed E-state index contributed by atoms with van der Waals surface area (Å²) >= 11 is 6.10. The fourth-order valence-corrected chi connectivity index (χ4v) is 3.60. The highest BCUT2D eigenvalue weighted by molar-refractivity contribution is 6.30. The molecule has 0 unspecified atom stereocenters. The number of aliphatic hydroxyl groups is 1. The smallest absolute Gasteiger partial charge is 0.261 e. The largest absolute Gasteiger partial charge is 0.388 e. The number of rotatable bonds is 6. The number of benzene rings is 3. The monoisotopic (exact) mass is 418 g/mol. The lowest BCUT2D eigenvalue weighted by Gasteiger charge is -2.09. The first-order chi connectivity index (χ1) is 14.5. The van der Waals surface area contributed by atoms with Crippen LogP contribution < -0.4 is 5.56 Å². The lowest BCUT2D eigenvalue weighted by Crippen LogP contribution is -2.22. The van der Waals surface area contributed by atoms with E-state index in [0.717, 1.165) is 16.7 Å². The minimum absolute atomic E-state index is 0.210. The lowest BCUT2D eigenvalue weighted by atomic mass is 10.0. The number of carbonyl (C=O) groups is 1. The Morgan fingerprint density at radius 3 is 2.53 bits per heavy atom. The van der Waals surface area contributed by atoms with E-state index in [0.29, 0.717) is 34.5 Å². The first-order valence-electron chi connectivity index (χ1n) is 9.53. The van der Waals surface area contributed by atoms with E-state index in [9.17, 15) is 9.59 Å². The first kappa shape index (κ1) is 20.0. The average molecular weight is 419 g/mol. The van der Waals surface area contributed by atoms with Gasteiger partial charge in [-0.05, 0) is 53.4 Å². The van der Waals surface area contributed by atoms with Crippen molar-refractivity contribution in [3.63, 3.8) is 0 Å². The Hall–Kier alpha value is -3.28. The molecule has 0 saturated carbocycles. The fraction of sp³-hybridized carbons (Fsp3) is 0.125. The highest BCUT2D eigenvalue weighted by Crippen LogP contribution is 2.23. The molecule has 3 aromatic carbocycles. The molecule has 1 N–H and O–H groups in total. The molecule has 5 nitrogen and oxygen atoms in total. The summed E-state index contributed by atoms with van der Waals surface area (Å²) in [6.45, 7) is -0.137. The van der Waals surface area contributed by atoms with Gasteiger partial charge in [-0.25, -0.2) is 4.98 Å². The van der Waals surface area contributed by atoms with Gasteiger partial charge < -0.3 is 5.11 Å². The number of aliphatic hydroxyl groups excluding tert-OH is 1. The Kier molecular flexibility index (Phi) is 5.74. The summed E-state index contributed by atoms with van der Waals surface area (Å²) in [6.07, 6.45) is 2.18. The van der Waals surface area contributed by atoms with Crippen molar-refractivity contribution in [2.24, 2.45) is 0 Å². The van der Waals surface area contributed by atoms with Crippen molar-refractivity contribution in [2.45, 2.75) is 13.0 Å². The van der Waals surface area contributed by atoms with E-state index in [2.05, 4.69) is 11.1 Å². The van der Waals surface area contributed by atoms with E-state index >= 15 is 0 Å². The number of nitrogens with zero attached hydrogens (tertiary/aromatic N) is 2. The third kappa shape index (κ3) is 4.17. The quantitative estimate of drug-likeness (QED) is 0.478. The molecular weight excluding hydrogens is 400 g/mol. The molecule has 30 heavy (non-hydrogen) atoms. The van der Waals surface area contributed by atoms with Gasteiger partial charge in [0.25, 0.3) is 5.56 Å². The van der Waals surface area contributed by atoms with E-state index in [1.54, 1.807) is 16.7 Å². The van der Waals surface area contributed by atoms with Crippen LogP contribution in [0.5, 0.6) is 0 Å². The molecule has 0 atom stereocenters. The van der Waals surface area contributed by atoms with Crippen LogP contribution in [0.2, 0.25) is 5.02 Å². The van der Waals surface area contributed by atoms with Crippen LogP contribution in [0.25, 0.3) is 22.0 Å². The average Bonchev–Trinajstić information content (AvgIpc) is 2.78. The molecule has 0 spiro atoms. The summed E-state index contributed by atoms with van der Waals surface area (Å²) in [6, 6.07) is 20.5. The number of Topliss-reactive ketones (excluding diaryl/α,β-unsaturated/α-hetero) is 1.